The number of fused-ring (bicyclic) bond motifs is 1. The van der Waals surface area contributed by atoms with Crippen LogP contribution in [-0.4, -0.2) is 20.2 Å². The molecule has 19 heavy (non-hydrogen) atoms. The van der Waals surface area contributed by atoms with Crippen molar-refractivity contribution in [1.29, 1.82) is 0 Å². The van der Waals surface area contributed by atoms with Crippen molar-refractivity contribution in [3.05, 3.63) is 34.7 Å². The van der Waals surface area contributed by atoms with Crippen molar-refractivity contribution in [1.82, 2.24) is 0 Å². The van der Waals surface area contributed by atoms with Gasteiger partial charge in [0.15, 0.2) is 0 Å². The summed E-state index contributed by atoms with van der Waals surface area (Å²) in [6.45, 7) is 1.24. The summed E-state index contributed by atoms with van der Waals surface area (Å²) in [5.74, 6) is 0. The molecular weight excluding hydrogens is 301 g/mol. The van der Waals surface area contributed by atoms with Crippen LogP contribution in [0.5, 0.6) is 0 Å². The zero-order valence-corrected chi connectivity index (χ0v) is 11.7. The van der Waals surface area contributed by atoms with Crippen LogP contribution in [0.3, 0.4) is 0 Å². The van der Waals surface area contributed by atoms with E-state index in [0.29, 0.717) is 11.8 Å². The average molecular weight is 312 g/mol. The second-order valence-corrected chi connectivity index (χ2v) is 8.68. The Balaban J connectivity index is 2.74. The molecule has 3 nitrogen and oxygen atoms in total. The van der Waals surface area contributed by atoms with E-state index >= 15 is 0 Å². The van der Waals surface area contributed by atoms with Crippen LogP contribution in [0.1, 0.15) is 12.5 Å². The van der Waals surface area contributed by atoms with Crippen LogP contribution < -0.4 is 0 Å². The first-order chi connectivity index (χ1) is 8.58. The summed E-state index contributed by atoms with van der Waals surface area (Å²) in [6.07, 6.45) is 1.95. The molecule has 0 aliphatic carbocycles. The Bertz CT molecular complexity index is 649. The van der Waals surface area contributed by atoms with Gasteiger partial charge in [-0.25, -0.2) is 3.63 Å². The highest BCUT2D eigenvalue weighted by molar-refractivity contribution is 8.36. The predicted octanol–water partition coefficient (Wildman–Crippen LogP) is 3.64. The van der Waals surface area contributed by atoms with E-state index < -0.39 is 25.9 Å². The zero-order valence-electron chi connectivity index (χ0n) is 10.1. The summed E-state index contributed by atoms with van der Waals surface area (Å²) < 4.78 is 67.5. The van der Waals surface area contributed by atoms with Crippen molar-refractivity contribution >= 4 is 26.5 Å². The van der Waals surface area contributed by atoms with Gasteiger partial charge in [0.2, 0.25) is 0 Å². The first-order valence-corrected chi connectivity index (χ1v) is 8.53. The lowest BCUT2D eigenvalue weighted by molar-refractivity contribution is -0.0428. The molecule has 0 fully saturated rings. The number of hydrogen-bond acceptors (Lipinski definition) is 3. The third kappa shape index (κ3) is 2.28. The van der Waals surface area contributed by atoms with Gasteiger partial charge >= 0.3 is 5.51 Å². The molecule has 1 atom stereocenters. The lowest BCUT2D eigenvalue weighted by Crippen LogP contribution is -2.25. The Labute approximate surface area is 110 Å². The van der Waals surface area contributed by atoms with Crippen LogP contribution in [0, 0.1) is 0 Å². The molecule has 1 aliphatic heterocycles. The summed E-state index contributed by atoms with van der Waals surface area (Å²) in [5, 5.41) is 0. The Hall–Kier alpha value is -0.990. The maximum absolute atomic E-state index is 13.5. The number of hydrogen-bond donors (Lipinski definition) is 0. The molecule has 1 aliphatic rings. The SMILES string of the molecule is CC1=Cc2ccccc2S1(OS(C)(=O)=O)C(F)(F)F. The van der Waals surface area contributed by atoms with E-state index in [0.717, 1.165) is 0 Å². The summed E-state index contributed by atoms with van der Waals surface area (Å²) in [7, 11) is -8.25. The largest absolute Gasteiger partial charge is 0.456 e. The number of allylic oxidation sites excluding steroid dienone is 1. The van der Waals surface area contributed by atoms with Crippen molar-refractivity contribution in [2.24, 2.45) is 0 Å². The highest BCUT2D eigenvalue weighted by Crippen LogP contribution is 2.77. The van der Waals surface area contributed by atoms with E-state index in [1.165, 1.54) is 31.2 Å². The van der Waals surface area contributed by atoms with Crippen molar-refractivity contribution in [2.75, 3.05) is 6.26 Å². The van der Waals surface area contributed by atoms with Gasteiger partial charge in [-0.2, -0.15) is 21.6 Å². The van der Waals surface area contributed by atoms with E-state index in [1.54, 1.807) is 6.07 Å². The Morgan fingerprint density at radius 2 is 1.79 bits per heavy atom. The van der Waals surface area contributed by atoms with Gasteiger partial charge in [-0.05, 0) is 24.6 Å². The second-order valence-electron chi connectivity index (χ2n) is 4.07. The summed E-state index contributed by atoms with van der Waals surface area (Å²) in [4.78, 5) is -0.239. The monoisotopic (exact) mass is 312 g/mol. The average Bonchev–Trinajstić information content (AvgIpc) is 2.50. The highest BCUT2D eigenvalue weighted by Gasteiger charge is 2.58. The van der Waals surface area contributed by atoms with Gasteiger partial charge in [-0.3, -0.25) is 0 Å². The lowest BCUT2D eigenvalue weighted by Gasteiger charge is -2.37. The lowest BCUT2D eigenvalue weighted by atomic mass is 10.2. The van der Waals surface area contributed by atoms with Crippen LogP contribution >= 0.6 is 10.3 Å². The number of halogens is 3. The predicted molar refractivity (Wildman–Crippen MR) is 67.9 cm³/mol. The Kier molecular flexibility index (Phi) is 3.23. The normalized spacial score (nSPS) is 26.5. The molecule has 0 saturated carbocycles. The molecule has 0 saturated heterocycles. The van der Waals surface area contributed by atoms with Crippen LogP contribution in [0.15, 0.2) is 34.1 Å². The molecule has 0 aromatic heterocycles. The van der Waals surface area contributed by atoms with E-state index in [9.17, 15) is 21.6 Å². The van der Waals surface area contributed by atoms with E-state index in [2.05, 4.69) is 3.63 Å². The molecule has 0 N–H and O–H groups in total. The molecule has 106 valence electrons. The Morgan fingerprint density at radius 1 is 1.21 bits per heavy atom. The minimum atomic E-state index is -4.79. The minimum absolute atomic E-state index is 0.119. The van der Waals surface area contributed by atoms with Crippen molar-refractivity contribution in [3.8, 4) is 0 Å². The molecule has 1 unspecified atom stereocenters. The minimum Gasteiger partial charge on any atom is -0.203 e. The summed E-state index contributed by atoms with van der Waals surface area (Å²) in [5.41, 5.74) is -4.44. The first kappa shape index (κ1) is 14.4. The smallest absolute Gasteiger partial charge is 0.203 e. The molecule has 0 spiro atoms. The second kappa shape index (κ2) is 4.26. The highest BCUT2D eigenvalue weighted by atomic mass is 32.3. The van der Waals surface area contributed by atoms with Crippen LogP contribution in [-0.2, 0) is 13.7 Å². The molecule has 0 bridgehead atoms. The first-order valence-electron chi connectivity index (χ1n) is 5.16. The number of benzene rings is 1. The molecular formula is C11H11F3O3S2. The van der Waals surface area contributed by atoms with Gasteiger partial charge in [0, 0.05) is 20.1 Å². The molecule has 2 rings (SSSR count). The molecule has 0 radical (unpaired) electrons. The fraction of sp³-hybridized carbons (Fsp3) is 0.273. The van der Waals surface area contributed by atoms with Gasteiger partial charge in [0.05, 0.1) is 6.26 Å². The maximum atomic E-state index is 13.5. The van der Waals surface area contributed by atoms with Gasteiger partial charge in [0.25, 0.3) is 10.1 Å². The molecule has 1 aromatic rings. The van der Waals surface area contributed by atoms with Crippen molar-refractivity contribution in [2.45, 2.75) is 17.3 Å². The van der Waals surface area contributed by atoms with Crippen LogP contribution in [0.4, 0.5) is 13.2 Å². The standard InChI is InChI=1S/C11H11F3O3S2/c1-8-7-9-5-3-4-6-10(9)19(8,11(12,13)14)17-18(2,15)16/h3-7H,1-2H3. The third-order valence-corrected chi connectivity index (χ3v) is 7.07. The van der Waals surface area contributed by atoms with Crippen LogP contribution in [0.25, 0.3) is 6.08 Å². The van der Waals surface area contributed by atoms with Gasteiger partial charge in [-0.1, -0.05) is 18.2 Å². The van der Waals surface area contributed by atoms with E-state index in [-0.39, 0.29) is 9.80 Å². The van der Waals surface area contributed by atoms with Crippen molar-refractivity contribution < 1.29 is 25.2 Å². The molecule has 1 heterocycles. The molecule has 8 heteroatoms. The fourth-order valence-electron chi connectivity index (χ4n) is 1.96. The maximum Gasteiger partial charge on any atom is 0.456 e. The van der Waals surface area contributed by atoms with Gasteiger partial charge < -0.3 is 0 Å². The van der Waals surface area contributed by atoms with E-state index in [4.69, 9.17) is 0 Å². The number of rotatable bonds is 2. The number of alkyl halides is 3. The molecule has 1 aromatic carbocycles. The topological polar surface area (TPSA) is 43.4 Å². The zero-order chi connectivity index (χ0) is 14.5. The molecule has 0 amide bonds. The third-order valence-electron chi connectivity index (χ3n) is 2.59. The summed E-state index contributed by atoms with van der Waals surface area (Å²) >= 11 is 0. The summed E-state index contributed by atoms with van der Waals surface area (Å²) in [6, 6.07) is 5.79. The van der Waals surface area contributed by atoms with Gasteiger partial charge in [-0.15, -0.1) is 0 Å². The van der Waals surface area contributed by atoms with E-state index in [1.807, 2.05) is 0 Å². The van der Waals surface area contributed by atoms with Crippen molar-refractivity contribution in [3.63, 3.8) is 0 Å². The Morgan fingerprint density at radius 3 is 2.32 bits per heavy atom. The quantitative estimate of drug-likeness (QED) is 0.837. The van der Waals surface area contributed by atoms with Crippen LogP contribution in [0.2, 0.25) is 0 Å². The fourth-order valence-corrected chi connectivity index (χ4v) is 6.46. The van der Waals surface area contributed by atoms with Gasteiger partial charge in [0.1, 0.15) is 0 Å².